The molecule has 3 rings (SSSR count). The normalized spacial score (nSPS) is 18.1. The number of benzene rings is 2. The third-order valence-electron chi connectivity index (χ3n) is 3.81. The maximum Gasteiger partial charge on any atom is 0.0546 e. The van der Waals surface area contributed by atoms with Crippen molar-refractivity contribution in [2.45, 2.75) is 25.9 Å². The van der Waals surface area contributed by atoms with Crippen LogP contribution in [0.4, 0.5) is 0 Å². The van der Waals surface area contributed by atoms with Crippen molar-refractivity contribution in [1.29, 1.82) is 0 Å². The van der Waals surface area contributed by atoms with E-state index < -0.39 is 0 Å². The molecule has 102 valence electrons. The Bertz CT molecular complexity index is 599. The van der Waals surface area contributed by atoms with E-state index in [-0.39, 0.29) is 0 Å². The fraction of sp³-hybridized carbons (Fsp3) is 0.278. The van der Waals surface area contributed by atoms with Gasteiger partial charge in [-0.15, -0.1) is 0 Å². The summed E-state index contributed by atoms with van der Waals surface area (Å²) in [6.07, 6.45) is 3.04. The monoisotopic (exact) mass is 264 g/mol. The molecule has 1 heterocycles. The van der Waals surface area contributed by atoms with Gasteiger partial charge in [-0.1, -0.05) is 54.1 Å². The van der Waals surface area contributed by atoms with E-state index in [0.717, 1.165) is 19.5 Å². The summed E-state index contributed by atoms with van der Waals surface area (Å²) in [4.78, 5) is 4.58. The molecule has 1 N–H and O–H groups in total. The number of nitrogens with zero attached hydrogens (tertiary/aromatic N) is 1. The standard InChI is InChI=1S/C18H20N2/c1-14-6-8-15(9-7-14)11-19-13-18-10-16-4-2-3-5-17(16)12-20-18/h2-9,11,18,20H,10,12-13H2,1H3. The second kappa shape index (κ2) is 6.02. The van der Waals surface area contributed by atoms with E-state index in [1.165, 1.54) is 22.3 Å². The molecule has 2 aromatic rings. The summed E-state index contributed by atoms with van der Waals surface area (Å²) in [5, 5.41) is 3.56. The lowest BCUT2D eigenvalue weighted by atomic mass is 9.96. The third-order valence-corrected chi connectivity index (χ3v) is 3.81. The molecule has 0 saturated heterocycles. The Labute approximate surface area is 120 Å². The molecular formula is C18H20N2. The lowest BCUT2D eigenvalue weighted by Crippen LogP contribution is -2.37. The third kappa shape index (κ3) is 3.14. The van der Waals surface area contributed by atoms with Crippen molar-refractivity contribution in [2.24, 2.45) is 4.99 Å². The molecular weight excluding hydrogens is 244 g/mol. The van der Waals surface area contributed by atoms with Crippen LogP contribution in [0.1, 0.15) is 22.3 Å². The van der Waals surface area contributed by atoms with E-state index in [1.54, 1.807) is 0 Å². The summed E-state index contributed by atoms with van der Waals surface area (Å²) in [6, 6.07) is 17.6. The minimum atomic E-state index is 0.451. The van der Waals surface area contributed by atoms with Crippen LogP contribution in [-0.2, 0) is 13.0 Å². The highest BCUT2D eigenvalue weighted by Gasteiger charge is 2.16. The predicted octanol–water partition coefficient (Wildman–Crippen LogP) is 3.13. The quantitative estimate of drug-likeness (QED) is 0.846. The summed E-state index contributed by atoms with van der Waals surface area (Å²) in [6.45, 7) is 3.90. The smallest absolute Gasteiger partial charge is 0.0546 e. The average molecular weight is 264 g/mol. The van der Waals surface area contributed by atoms with Gasteiger partial charge in [0.05, 0.1) is 6.54 Å². The highest BCUT2D eigenvalue weighted by molar-refractivity contribution is 5.79. The Morgan fingerprint density at radius 2 is 1.85 bits per heavy atom. The summed E-state index contributed by atoms with van der Waals surface area (Å²) >= 11 is 0. The van der Waals surface area contributed by atoms with Crippen LogP contribution < -0.4 is 5.32 Å². The summed E-state index contributed by atoms with van der Waals surface area (Å²) in [7, 11) is 0. The van der Waals surface area contributed by atoms with Gasteiger partial charge in [-0.25, -0.2) is 0 Å². The predicted molar refractivity (Wildman–Crippen MR) is 84.4 cm³/mol. The molecule has 20 heavy (non-hydrogen) atoms. The fourth-order valence-corrected chi connectivity index (χ4v) is 2.59. The second-order valence-electron chi connectivity index (χ2n) is 5.46. The van der Waals surface area contributed by atoms with Crippen LogP contribution in [-0.4, -0.2) is 18.8 Å². The molecule has 1 aliphatic heterocycles. The van der Waals surface area contributed by atoms with E-state index >= 15 is 0 Å². The van der Waals surface area contributed by atoms with E-state index in [9.17, 15) is 0 Å². The van der Waals surface area contributed by atoms with E-state index in [2.05, 4.69) is 65.8 Å². The molecule has 0 fully saturated rings. The Hall–Kier alpha value is -1.93. The van der Waals surface area contributed by atoms with Gasteiger partial charge < -0.3 is 5.32 Å². The van der Waals surface area contributed by atoms with Crippen LogP contribution in [0.15, 0.2) is 53.5 Å². The number of hydrogen-bond donors (Lipinski definition) is 1. The summed E-state index contributed by atoms with van der Waals surface area (Å²) < 4.78 is 0. The van der Waals surface area contributed by atoms with E-state index in [4.69, 9.17) is 0 Å². The lowest BCUT2D eigenvalue weighted by molar-refractivity contribution is 0.489. The van der Waals surface area contributed by atoms with Gasteiger partial charge in [0.1, 0.15) is 0 Å². The molecule has 2 heteroatoms. The molecule has 0 aliphatic carbocycles. The number of nitrogens with one attached hydrogen (secondary N) is 1. The summed E-state index contributed by atoms with van der Waals surface area (Å²) in [5.41, 5.74) is 5.34. The molecule has 0 bridgehead atoms. The SMILES string of the molecule is Cc1ccc(C=NCC2Cc3ccccc3CN2)cc1. The van der Waals surface area contributed by atoms with Crippen molar-refractivity contribution >= 4 is 6.21 Å². The number of aryl methyl sites for hydroxylation is 1. The molecule has 1 atom stereocenters. The molecule has 1 aliphatic rings. The highest BCUT2D eigenvalue weighted by atomic mass is 15.0. The van der Waals surface area contributed by atoms with Gasteiger partial charge in [-0.3, -0.25) is 4.99 Å². The topological polar surface area (TPSA) is 24.4 Å². The van der Waals surface area contributed by atoms with Crippen LogP contribution in [0.5, 0.6) is 0 Å². The van der Waals surface area contributed by atoms with Crippen LogP contribution in [0.3, 0.4) is 0 Å². The molecule has 0 spiro atoms. The minimum absolute atomic E-state index is 0.451. The Morgan fingerprint density at radius 3 is 2.65 bits per heavy atom. The first-order chi connectivity index (χ1) is 9.81. The molecule has 2 aromatic carbocycles. The highest BCUT2D eigenvalue weighted by Crippen LogP contribution is 2.16. The van der Waals surface area contributed by atoms with Crippen molar-refractivity contribution in [3.63, 3.8) is 0 Å². The zero-order valence-corrected chi connectivity index (χ0v) is 11.8. The van der Waals surface area contributed by atoms with E-state index in [1.807, 2.05) is 6.21 Å². The first-order valence-corrected chi connectivity index (χ1v) is 7.18. The maximum atomic E-state index is 4.58. The lowest BCUT2D eigenvalue weighted by Gasteiger charge is -2.24. The van der Waals surface area contributed by atoms with Crippen molar-refractivity contribution in [3.8, 4) is 0 Å². The second-order valence-corrected chi connectivity index (χ2v) is 5.46. The minimum Gasteiger partial charge on any atom is -0.308 e. The van der Waals surface area contributed by atoms with Gasteiger partial charge in [0.2, 0.25) is 0 Å². The number of fused-ring (bicyclic) bond motifs is 1. The van der Waals surface area contributed by atoms with Crippen molar-refractivity contribution in [3.05, 3.63) is 70.8 Å². The Kier molecular flexibility index (Phi) is 3.93. The van der Waals surface area contributed by atoms with Crippen molar-refractivity contribution < 1.29 is 0 Å². The van der Waals surface area contributed by atoms with Gasteiger partial charge in [0.25, 0.3) is 0 Å². The summed E-state index contributed by atoms with van der Waals surface area (Å²) in [5.74, 6) is 0. The zero-order chi connectivity index (χ0) is 13.8. The van der Waals surface area contributed by atoms with E-state index in [0.29, 0.717) is 6.04 Å². The molecule has 2 nitrogen and oxygen atoms in total. The maximum absolute atomic E-state index is 4.58. The molecule has 0 radical (unpaired) electrons. The molecule has 0 aromatic heterocycles. The fourth-order valence-electron chi connectivity index (χ4n) is 2.59. The first kappa shape index (κ1) is 13.1. The number of aliphatic imine (C=N–C) groups is 1. The zero-order valence-electron chi connectivity index (χ0n) is 11.8. The van der Waals surface area contributed by atoms with Gasteiger partial charge >= 0.3 is 0 Å². The van der Waals surface area contributed by atoms with Gasteiger partial charge in [-0.2, -0.15) is 0 Å². The first-order valence-electron chi connectivity index (χ1n) is 7.18. The number of hydrogen-bond acceptors (Lipinski definition) is 2. The molecule has 1 unspecified atom stereocenters. The van der Waals surface area contributed by atoms with Crippen LogP contribution >= 0.6 is 0 Å². The Morgan fingerprint density at radius 1 is 1.10 bits per heavy atom. The van der Waals surface area contributed by atoms with Crippen molar-refractivity contribution in [1.82, 2.24) is 5.32 Å². The largest absolute Gasteiger partial charge is 0.308 e. The van der Waals surface area contributed by atoms with Gasteiger partial charge in [0, 0.05) is 18.8 Å². The molecule has 0 amide bonds. The van der Waals surface area contributed by atoms with Crippen LogP contribution in [0.25, 0.3) is 0 Å². The van der Waals surface area contributed by atoms with Crippen LogP contribution in [0, 0.1) is 6.92 Å². The average Bonchev–Trinajstić information content (AvgIpc) is 2.49. The van der Waals surface area contributed by atoms with Gasteiger partial charge in [0.15, 0.2) is 0 Å². The van der Waals surface area contributed by atoms with Crippen LogP contribution in [0.2, 0.25) is 0 Å². The molecule has 0 saturated carbocycles. The van der Waals surface area contributed by atoms with Gasteiger partial charge in [-0.05, 0) is 30.0 Å². The van der Waals surface area contributed by atoms with Crippen molar-refractivity contribution in [2.75, 3.05) is 6.54 Å². The number of rotatable bonds is 3. The Balaban J connectivity index is 1.59.